The topological polar surface area (TPSA) is 51.8 Å². The van der Waals surface area contributed by atoms with E-state index in [1.54, 1.807) is 0 Å². The maximum Gasteiger partial charge on any atom is 0.116 e. The normalized spacial score (nSPS) is 9.41. The molecule has 5 heteroatoms. The van der Waals surface area contributed by atoms with Crippen molar-refractivity contribution in [3.8, 4) is 0 Å². The van der Waals surface area contributed by atoms with Gasteiger partial charge in [0.25, 0.3) is 0 Å². The number of benzene rings is 1. The highest BCUT2D eigenvalue weighted by Crippen LogP contribution is 2.13. The fourth-order valence-electron chi connectivity index (χ4n) is 1.05. The van der Waals surface area contributed by atoms with Gasteiger partial charge in [-0.3, -0.25) is 0 Å². The van der Waals surface area contributed by atoms with Crippen LogP contribution in [0.15, 0.2) is 35.5 Å². The molecular formula is C12H14ClN3S. The first-order chi connectivity index (χ1) is 8.00. The Kier molecular flexibility index (Phi) is 5.25. The number of hydrogen-bond donors (Lipinski definition) is 2. The SMILES string of the molecule is Cc1ncnc(C)c1Cl.Nc1ccc(S)cc1. The zero-order chi connectivity index (χ0) is 12.8. The maximum atomic E-state index is 5.75. The molecule has 0 radical (unpaired) electrons. The lowest BCUT2D eigenvalue weighted by Crippen LogP contribution is -1.88. The molecule has 0 saturated heterocycles. The van der Waals surface area contributed by atoms with E-state index in [9.17, 15) is 0 Å². The smallest absolute Gasteiger partial charge is 0.116 e. The Morgan fingerprint density at radius 2 is 1.53 bits per heavy atom. The van der Waals surface area contributed by atoms with E-state index in [1.807, 2.05) is 38.1 Å². The van der Waals surface area contributed by atoms with E-state index in [0.29, 0.717) is 5.02 Å². The van der Waals surface area contributed by atoms with Gasteiger partial charge < -0.3 is 5.73 Å². The molecule has 0 spiro atoms. The lowest BCUT2D eigenvalue weighted by atomic mass is 10.3. The van der Waals surface area contributed by atoms with Gasteiger partial charge in [-0.15, -0.1) is 12.6 Å². The second-order valence-corrected chi connectivity index (χ2v) is 4.34. The molecule has 0 bridgehead atoms. The van der Waals surface area contributed by atoms with E-state index in [0.717, 1.165) is 22.0 Å². The van der Waals surface area contributed by atoms with Crippen LogP contribution in [0, 0.1) is 13.8 Å². The number of nitrogen functional groups attached to an aromatic ring is 1. The van der Waals surface area contributed by atoms with Gasteiger partial charge in [0.2, 0.25) is 0 Å². The molecule has 0 aliphatic heterocycles. The fourth-order valence-corrected chi connectivity index (χ4v) is 1.30. The molecule has 3 nitrogen and oxygen atoms in total. The van der Waals surface area contributed by atoms with Crippen LogP contribution in [0.4, 0.5) is 5.69 Å². The zero-order valence-corrected chi connectivity index (χ0v) is 11.3. The summed E-state index contributed by atoms with van der Waals surface area (Å²) in [5.74, 6) is 0. The van der Waals surface area contributed by atoms with Crippen molar-refractivity contribution in [1.82, 2.24) is 9.97 Å². The number of hydrogen-bond acceptors (Lipinski definition) is 4. The van der Waals surface area contributed by atoms with Gasteiger partial charge in [0.15, 0.2) is 0 Å². The van der Waals surface area contributed by atoms with Crippen molar-refractivity contribution in [2.24, 2.45) is 0 Å². The molecule has 0 aliphatic carbocycles. The third-order valence-electron chi connectivity index (χ3n) is 2.03. The molecule has 1 aromatic heterocycles. The highest BCUT2D eigenvalue weighted by molar-refractivity contribution is 7.80. The first kappa shape index (κ1) is 13.8. The van der Waals surface area contributed by atoms with Crippen LogP contribution < -0.4 is 5.73 Å². The largest absolute Gasteiger partial charge is 0.399 e. The van der Waals surface area contributed by atoms with Crippen LogP contribution in [-0.2, 0) is 0 Å². The number of anilines is 1. The molecule has 2 aromatic rings. The van der Waals surface area contributed by atoms with Gasteiger partial charge in [0, 0.05) is 10.6 Å². The Hall–Kier alpha value is -1.26. The molecule has 0 fully saturated rings. The van der Waals surface area contributed by atoms with Crippen molar-refractivity contribution >= 4 is 29.9 Å². The van der Waals surface area contributed by atoms with Gasteiger partial charge in [0.1, 0.15) is 6.33 Å². The number of aromatic nitrogens is 2. The van der Waals surface area contributed by atoms with E-state index in [-0.39, 0.29) is 0 Å². The molecule has 90 valence electrons. The maximum absolute atomic E-state index is 5.75. The zero-order valence-electron chi connectivity index (χ0n) is 9.68. The first-order valence-corrected chi connectivity index (χ1v) is 5.81. The minimum absolute atomic E-state index is 0.664. The second-order valence-electron chi connectivity index (χ2n) is 3.45. The molecule has 2 rings (SSSR count). The molecule has 0 aliphatic rings. The van der Waals surface area contributed by atoms with Crippen LogP contribution >= 0.6 is 24.2 Å². The molecule has 17 heavy (non-hydrogen) atoms. The molecule has 1 heterocycles. The van der Waals surface area contributed by atoms with Crippen molar-refractivity contribution < 1.29 is 0 Å². The fraction of sp³-hybridized carbons (Fsp3) is 0.167. The summed E-state index contributed by atoms with van der Waals surface area (Å²) in [4.78, 5) is 8.74. The van der Waals surface area contributed by atoms with Crippen molar-refractivity contribution in [3.05, 3.63) is 47.0 Å². The summed E-state index contributed by atoms with van der Waals surface area (Å²) < 4.78 is 0. The number of halogens is 1. The summed E-state index contributed by atoms with van der Waals surface area (Å²) in [5, 5.41) is 0.664. The summed E-state index contributed by atoms with van der Waals surface area (Å²) >= 11 is 9.83. The molecule has 2 N–H and O–H groups in total. The summed E-state index contributed by atoms with van der Waals surface area (Å²) in [6, 6.07) is 7.36. The van der Waals surface area contributed by atoms with Crippen molar-refractivity contribution in [3.63, 3.8) is 0 Å². The number of nitrogens with zero attached hydrogens (tertiary/aromatic N) is 2. The van der Waals surface area contributed by atoms with Crippen LogP contribution in [0.2, 0.25) is 5.02 Å². The minimum atomic E-state index is 0.664. The second kappa shape index (κ2) is 6.47. The Labute approximate surface area is 111 Å². The quantitative estimate of drug-likeness (QED) is 0.569. The van der Waals surface area contributed by atoms with Crippen LogP contribution in [0.25, 0.3) is 0 Å². The Bertz CT molecular complexity index is 444. The monoisotopic (exact) mass is 267 g/mol. The molecular weight excluding hydrogens is 254 g/mol. The molecule has 0 unspecified atom stereocenters. The summed E-state index contributed by atoms with van der Waals surface area (Å²) in [7, 11) is 0. The van der Waals surface area contributed by atoms with Crippen LogP contribution in [0.5, 0.6) is 0 Å². The average molecular weight is 268 g/mol. The predicted molar refractivity (Wildman–Crippen MR) is 74.6 cm³/mol. The Morgan fingerprint density at radius 1 is 1.06 bits per heavy atom. The Morgan fingerprint density at radius 3 is 1.88 bits per heavy atom. The van der Waals surface area contributed by atoms with Crippen LogP contribution in [-0.4, -0.2) is 9.97 Å². The first-order valence-electron chi connectivity index (χ1n) is 4.99. The van der Waals surface area contributed by atoms with Crippen molar-refractivity contribution in [1.29, 1.82) is 0 Å². The van der Waals surface area contributed by atoms with E-state index in [4.69, 9.17) is 17.3 Å². The summed E-state index contributed by atoms with van der Waals surface area (Å²) in [6.45, 7) is 3.72. The van der Waals surface area contributed by atoms with Crippen LogP contribution in [0.1, 0.15) is 11.4 Å². The van der Waals surface area contributed by atoms with E-state index in [1.165, 1.54) is 6.33 Å². The minimum Gasteiger partial charge on any atom is -0.399 e. The predicted octanol–water partition coefficient (Wildman–Crippen LogP) is 3.30. The lowest BCUT2D eigenvalue weighted by molar-refractivity contribution is 1.05. The summed E-state index contributed by atoms with van der Waals surface area (Å²) in [5.41, 5.74) is 7.85. The van der Waals surface area contributed by atoms with E-state index in [2.05, 4.69) is 22.6 Å². The van der Waals surface area contributed by atoms with Gasteiger partial charge >= 0.3 is 0 Å². The number of nitrogens with two attached hydrogens (primary N) is 1. The average Bonchev–Trinajstić information content (AvgIpc) is 2.31. The molecule has 0 atom stereocenters. The van der Waals surface area contributed by atoms with E-state index < -0.39 is 0 Å². The number of rotatable bonds is 0. The summed E-state index contributed by atoms with van der Waals surface area (Å²) in [6.07, 6.45) is 1.51. The van der Waals surface area contributed by atoms with E-state index >= 15 is 0 Å². The van der Waals surface area contributed by atoms with Crippen LogP contribution in [0.3, 0.4) is 0 Å². The van der Waals surface area contributed by atoms with Crippen molar-refractivity contribution in [2.75, 3.05) is 5.73 Å². The standard InChI is InChI=1S/C6H7ClN2.C6H7NS/c1-4-6(7)5(2)9-3-8-4;7-5-1-3-6(8)4-2-5/h3H,1-2H3;1-4,8H,7H2. The van der Waals surface area contributed by atoms with Gasteiger partial charge in [-0.05, 0) is 38.1 Å². The highest BCUT2D eigenvalue weighted by Gasteiger charge is 1.97. The van der Waals surface area contributed by atoms with Crippen molar-refractivity contribution in [2.45, 2.75) is 18.7 Å². The third-order valence-corrected chi connectivity index (χ3v) is 2.88. The third kappa shape index (κ3) is 4.63. The lowest BCUT2D eigenvalue weighted by Gasteiger charge is -1.96. The molecule has 0 saturated carbocycles. The number of aryl methyl sites for hydroxylation is 2. The number of thiol groups is 1. The van der Waals surface area contributed by atoms with Gasteiger partial charge in [-0.1, -0.05) is 11.6 Å². The highest BCUT2D eigenvalue weighted by atomic mass is 35.5. The van der Waals surface area contributed by atoms with Gasteiger partial charge in [0.05, 0.1) is 16.4 Å². The van der Waals surface area contributed by atoms with Gasteiger partial charge in [-0.25, -0.2) is 9.97 Å². The Balaban J connectivity index is 0.000000171. The van der Waals surface area contributed by atoms with Gasteiger partial charge in [-0.2, -0.15) is 0 Å². The molecule has 1 aromatic carbocycles. The molecule has 0 amide bonds.